The van der Waals surface area contributed by atoms with E-state index >= 15 is 0 Å². The molecule has 0 aliphatic rings. The number of carbonyl (C=O) groups is 1. The second-order valence-corrected chi connectivity index (χ2v) is 6.63. The minimum Gasteiger partial charge on any atom is -0.480 e. The second-order valence-electron chi connectivity index (χ2n) is 4.88. The summed E-state index contributed by atoms with van der Waals surface area (Å²) in [6, 6.07) is 0.585. The molecule has 0 aliphatic heterocycles. The van der Waals surface area contributed by atoms with Crippen LogP contribution in [0.25, 0.3) is 0 Å². The van der Waals surface area contributed by atoms with Crippen molar-refractivity contribution in [1.82, 2.24) is 9.88 Å². The van der Waals surface area contributed by atoms with Gasteiger partial charge in [-0.25, -0.2) is 12.8 Å². The lowest BCUT2D eigenvalue weighted by atomic mass is 10.0. The molecule has 25 heavy (non-hydrogen) atoms. The van der Waals surface area contributed by atoms with Crippen LogP contribution in [0.4, 0.5) is 17.6 Å². The molecule has 0 saturated carbocycles. The first-order valence-corrected chi connectivity index (χ1v) is 8.13. The molecule has 1 aromatic carbocycles. The van der Waals surface area contributed by atoms with Gasteiger partial charge < -0.3 is 9.63 Å². The number of carboxylic acids is 1. The maximum atomic E-state index is 13.3. The monoisotopic (exact) mass is 382 g/mol. The van der Waals surface area contributed by atoms with Crippen molar-refractivity contribution in [3.63, 3.8) is 0 Å². The van der Waals surface area contributed by atoms with E-state index in [1.807, 2.05) is 0 Å². The van der Waals surface area contributed by atoms with Crippen molar-refractivity contribution in [2.45, 2.75) is 18.0 Å². The topological polar surface area (TPSA) is 110 Å². The van der Waals surface area contributed by atoms with Crippen LogP contribution in [0, 0.1) is 5.82 Å². The molecule has 2 rings (SSSR count). The molecule has 7 nitrogen and oxygen atoms in total. The number of hydrogen-bond donors (Lipinski definition) is 2. The van der Waals surface area contributed by atoms with Gasteiger partial charge in [-0.15, -0.1) is 0 Å². The van der Waals surface area contributed by atoms with E-state index in [9.17, 15) is 30.8 Å². The van der Waals surface area contributed by atoms with Crippen LogP contribution in [0.1, 0.15) is 22.9 Å². The normalized spacial score (nSPS) is 13.6. The molecule has 0 spiro atoms. The van der Waals surface area contributed by atoms with Crippen molar-refractivity contribution in [2.24, 2.45) is 0 Å². The number of rotatable bonds is 6. The predicted octanol–water partition coefficient (Wildman–Crippen LogP) is 2.08. The van der Waals surface area contributed by atoms with E-state index in [2.05, 4.69) is 9.68 Å². The van der Waals surface area contributed by atoms with Crippen molar-refractivity contribution in [2.75, 3.05) is 0 Å². The number of nitrogens with zero attached hydrogens (tertiary/aromatic N) is 1. The molecule has 0 radical (unpaired) electrons. The number of carboxylic acid groups (broad SMARTS) is 1. The molecule has 1 aromatic heterocycles. The number of aromatic nitrogens is 1. The Labute approximate surface area is 138 Å². The second kappa shape index (κ2) is 6.80. The van der Waals surface area contributed by atoms with Crippen molar-refractivity contribution >= 4 is 16.0 Å². The first-order chi connectivity index (χ1) is 11.5. The first kappa shape index (κ1) is 18.9. The van der Waals surface area contributed by atoms with Gasteiger partial charge in [0.15, 0.2) is 0 Å². The zero-order chi connectivity index (χ0) is 18.8. The van der Waals surface area contributed by atoms with E-state index in [1.165, 1.54) is 6.07 Å². The molecular weight excluding hydrogens is 372 g/mol. The Morgan fingerprint density at radius 3 is 2.52 bits per heavy atom. The summed E-state index contributed by atoms with van der Waals surface area (Å²) in [5, 5.41) is 12.5. The molecule has 0 bridgehead atoms. The summed E-state index contributed by atoms with van der Waals surface area (Å²) in [7, 11) is -4.28. The number of alkyl halides is 3. The fourth-order valence-electron chi connectivity index (χ4n) is 1.93. The highest BCUT2D eigenvalue weighted by atomic mass is 32.2. The van der Waals surface area contributed by atoms with Crippen molar-refractivity contribution < 1.29 is 40.4 Å². The quantitative estimate of drug-likeness (QED) is 0.741. The van der Waals surface area contributed by atoms with Gasteiger partial charge in [0.2, 0.25) is 10.0 Å². The molecule has 0 amide bonds. The highest BCUT2D eigenvalue weighted by molar-refractivity contribution is 7.88. The Balaban J connectivity index is 2.34. The summed E-state index contributed by atoms with van der Waals surface area (Å²) in [5.41, 5.74) is -2.32. The van der Waals surface area contributed by atoms with Crippen LogP contribution in [0.3, 0.4) is 0 Å². The number of nitrogens with one attached hydrogen (secondary N) is 1. The Kier molecular flexibility index (Phi) is 5.13. The molecule has 2 aromatic rings. The smallest absolute Gasteiger partial charge is 0.419 e. The van der Waals surface area contributed by atoms with Crippen LogP contribution in [-0.2, 0) is 26.7 Å². The standard InChI is InChI=1S/C13H10F4N2O5S/c14-10-2-1-7(5-9(10)13(15,16)17)11(12(20)21)19-25(22,23)6-8-3-4-24-18-8/h1-5,11,19H,6H2,(H,20,21). The predicted molar refractivity (Wildman–Crippen MR) is 74.0 cm³/mol. The van der Waals surface area contributed by atoms with Crippen LogP contribution in [0.2, 0.25) is 0 Å². The van der Waals surface area contributed by atoms with Gasteiger partial charge in [0.25, 0.3) is 0 Å². The van der Waals surface area contributed by atoms with Crippen LogP contribution < -0.4 is 4.72 Å². The minimum atomic E-state index is -5.07. The summed E-state index contributed by atoms with van der Waals surface area (Å²) in [6.45, 7) is 0. The zero-order valence-corrected chi connectivity index (χ0v) is 12.9. The first-order valence-electron chi connectivity index (χ1n) is 6.48. The Morgan fingerprint density at radius 1 is 1.32 bits per heavy atom. The Morgan fingerprint density at radius 2 is 2.00 bits per heavy atom. The maximum absolute atomic E-state index is 13.3. The van der Waals surface area contributed by atoms with E-state index in [4.69, 9.17) is 5.11 Å². The molecule has 1 atom stereocenters. The van der Waals surface area contributed by atoms with Crippen molar-refractivity contribution in [1.29, 1.82) is 0 Å². The van der Waals surface area contributed by atoms with Gasteiger partial charge in [-0.05, 0) is 17.7 Å². The van der Waals surface area contributed by atoms with Crippen molar-refractivity contribution in [3.8, 4) is 0 Å². The SMILES string of the molecule is O=C(O)C(NS(=O)(=O)Cc1ccon1)c1ccc(F)c(C(F)(F)F)c1. The summed E-state index contributed by atoms with van der Waals surface area (Å²) in [5.74, 6) is -4.12. The number of benzene rings is 1. The average Bonchev–Trinajstić information content (AvgIpc) is 2.96. The van der Waals surface area contributed by atoms with Gasteiger partial charge in [-0.3, -0.25) is 4.79 Å². The lowest BCUT2D eigenvalue weighted by molar-refractivity contribution is -0.141. The number of hydrogen-bond acceptors (Lipinski definition) is 5. The summed E-state index contributed by atoms with van der Waals surface area (Å²) in [4.78, 5) is 11.3. The Bertz CT molecular complexity index is 865. The lowest BCUT2D eigenvalue weighted by Crippen LogP contribution is -2.34. The molecule has 0 fully saturated rings. The van der Waals surface area contributed by atoms with E-state index in [0.29, 0.717) is 6.07 Å². The number of aliphatic carboxylic acids is 1. The van der Waals surface area contributed by atoms with Gasteiger partial charge in [-0.1, -0.05) is 11.2 Å². The van der Waals surface area contributed by atoms with E-state index < -0.39 is 50.9 Å². The molecule has 1 heterocycles. The maximum Gasteiger partial charge on any atom is 0.419 e. The van der Waals surface area contributed by atoms with Crippen LogP contribution in [-0.4, -0.2) is 24.7 Å². The third-order valence-corrected chi connectivity index (χ3v) is 4.27. The summed E-state index contributed by atoms with van der Waals surface area (Å²) in [6.07, 6.45) is -3.97. The number of sulfonamides is 1. The molecule has 12 heteroatoms. The third-order valence-electron chi connectivity index (χ3n) is 3.00. The van der Waals surface area contributed by atoms with Gasteiger partial charge >= 0.3 is 12.1 Å². The van der Waals surface area contributed by atoms with Crippen LogP contribution in [0.15, 0.2) is 35.1 Å². The zero-order valence-electron chi connectivity index (χ0n) is 12.1. The highest BCUT2D eigenvalue weighted by Gasteiger charge is 2.36. The molecule has 0 saturated heterocycles. The largest absolute Gasteiger partial charge is 0.480 e. The average molecular weight is 382 g/mol. The highest BCUT2D eigenvalue weighted by Crippen LogP contribution is 2.33. The van der Waals surface area contributed by atoms with E-state index in [1.54, 1.807) is 4.72 Å². The van der Waals surface area contributed by atoms with Gasteiger partial charge in [-0.2, -0.15) is 17.9 Å². The van der Waals surface area contributed by atoms with E-state index in [-0.39, 0.29) is 11.8 Å². The van der Waals surface area contributed by atoms with Gasteiger partial charge in [0.1, 0.15) is 23.9 Å². The fourth-order valence-corrected chi connectivity index (χ4v) is 3.15. The van der Waals surface area contributed by atoms with Crippen molar-refractivity contribution in [3.05, 3.63) is 53.2 Å². The fraction of sp³-hybridized carbons (Fsp3) is 0.231. The molecule has 1 unspecified atom stereocenters. The van der Waals surface area contributed by atoms with Gasteiger partial charge in [0.05, 0.1) is 11.3 Å². The molecule has 2 N–H and O–H groups in total. The lowest BCUT2D eigenvalue weighted by Gasteiger charge is -2.17. The molecule has 136 valence electrons. The third kappa shape index (κ3) is 4.76. The molecular formula is C13H10F4N2O5S. The van der Waals surface area contributed by atoms with E-state index in [0.717, 1.165) is 12.3 Å². The summed E-state index contributed by atoms with van der Waals surface area (Å²) >= 11 is 0. The summed E-state index contributed by atoms with van der Waals surface area (Å²) < 4.78 is 81.7. The van der Waals surface area contributed by atoms with Gasteiger partial charge in [0, 0.05) is 6.07 Å². The minimum absolute atomic E-state index is 0.0354. The molecule has 0 aliphatic carbocycles. The van der Waals surface area contributed by atoms with Crippen LogP contribution in [0.5, 0.6) is 0 Å². The Hall–Kier alpha value is -2.47. The van der Waals surface area contributed by atoms with Crippen LogP contribution >= 0.6 is 0 Å². The number of halogens is 4.